The van der Waals surface area contributed by atoms with E-state index in [-0.39, 0.29) is 12.0 Å². The number of aryl methyl sites for hydroxylation is 1. The number of guanidine groups is 1. The van der Waals surface area contributed by atoms with Crippen molar-refractivity contribution in [2.24, 2.45) is 4.99 Å². The number of carbonyl (C=O) groups is 1. The number of amides is 1. The van der Waals surface area contributed by atoms with E-state index in [1.807, 2.05) is 11.9 Å². The molecule has 3 aliphatic rings. The maximum absolute atomic E-state index is 12.5. The van der Waals surface area contributed by atoms with Gasteiger partial charge in [-0.25, -0.2) is 0 Å². The van der Waals surface area contributed by atoms with Crippen LogP contribution in [0.4, 0.5) is 0 Å². The van der Waals surface area contributed by atoms with E-state index < -0.39 is 0 Å². The van der Waals surface area contributed by atoms with Gasteiger partial charge < -0.3 is 19.9 Å². The summed E-state index contributed by atoms with van der Waals surface area (Å²) in [6, 6.07) is 9.09. The SMILES string of the molecule is CN=C(NC1CC1c1ccccc1C)N1CCN(C(=O)C2CCCO2)CC1. The molecule has 3 fully saturated rings. The number of aliphatic imine (C=N–C) groups is 1. The second-order valence-electron chi connectivity index (χ2n) is 7.81. The smallest absolute Gasteiger partial charge is 0.251 e. The summed E-state index contributed by atoms with van der Waals surface area (Å²) >= 11 is 0. The fourth-order valence-electron chi connectivity index (χ4n) is 4.28. The van der Waals surface area contributed by atoms with Gasteiger partial charge in [0.05, 0.1) is 0 Å². The molecular formula is C21H30N4O2. The number of nitrogens with zero attached hydrogens (tertiary/aromatic N) is 3. The number of nitrogens with one attached hydrogen (secondary N) is 1. The minimum absolute atomic E-state index is 0.164. The number of piperazine rings is 1. The quantitative estimate of drug-likeness (QED) is 0.651. The van der Waals surface area contributed by atoms with E-state index in [0.29, 0.717) is 12.0 Å². The highest BCUT2D eigenvalue weighted by molar-refractivity contribution is 5.83. The third-order valence-electron chi connectivity index (χ3n) is 6.00. The summed E-state index contributed by atoms with van der Waals surface area (Å²) in [4.78, 5) is 21.2. The lowest BCUT2D eigenvalue weighted by atomic mass is 10.0. The summed E-state index contributed by atoms with van der Waals surface area (Å²) in [6.07, 6.45) is 2.80. The molecule has 0 aromatic heterocycles. The third-order valence-corrected chi connectivity index (χ3v) is 6.00. The van der Waals surface area contributed by atoms with E-state index in [1.165, 1.54) is 11.1 Å². The fourth-order valence-corrected chi connectivity index (χ4v) is 4.28. The van der Waals surface area contributed by atoms with Crippen molar-refractivity contribution < 1.29 is 9.53 Å². The molecule has 2 saturated heterocycles. The number of benzene rings is 1. The van der Waals surface area contributed by atoms with Crippen LogP contribution in [0, 0.1) is 6.92 Å². The predicted molar refractivity (Wildman–Crippen MR) is 106 cm³/mol. The number of hydrogen-bond acceptors (Lipinski definition) is 3. The third kappa shape index (κ3) is 3.95. The second kappa shape index (κ2) is 7.89. The van der Waals surface area contributed by atoms with Gasteiger partial charge in [-0.15, -0.1) is 0 Å². The van der Waals surface area contributed by atoms with Crippen molar-refractivity contribution in [1.82, 2.24) is 15.1 Å². The zero-order valence-corrected chi connectivity index (χ0v) is 16.4. The molecule has 1 saturated carbocycles. The Kier molecular flexibility index (Phi) is 5.34. The van der Waals surface area contributed by atoms with Crippen LogP contribution in [-0.2, 0) is 9.53 Å². The predicted octanol–water partition coefficient (Wildman–Crippen LogP) is 1.75. The van der Waals surface area contributed by atoms with E-state index in [4.69, 9.17) is 4.74 Å². The number of rotatable bonds is 3. The van der Waals surface area contributed by atoms with Gasteiger partial charge in [0.2, 0.25) is 0 Å². The molecular weight excluding hydrogens is 340 g/mol. The first-order valence-electron chi connectivity index (χ1n) is 10.1. The van der Waals surface area contributed by atoms with Crippen molar-refractivity contribution in [2.75, 3.05) is 39.8 Å². The molecule has 3 unspecified atom stereocenters. The Morgan fingerprint density at radius 2 is 1.93 bits per heavy atom. The molecule has 1 N–H and O–H groups in total. The lowest BCUT2D eigenvalue weighted by Gasteiger charge is -2.37. The zero-order valence-electron chi connectivity index (χ0n) is 16.4. The maximum atomic E-state index is 12.5. The van der Waals surface area contributed by atoms with E-state index in [1.54, 1.807) is 0 Å². The van der Waals surface area contributed by atoms with Crippen LogP contribution in [-0.4, -0.2) is 73.6 Å². The summed E-state index contributed by atoms with van der Waals surface area (Å²) in [5, 5.41) is 3.63. The van der Waals surface area contributed by atoms with Gasteiger partial charge in [0.15, 0.2) is 5.96 Å². The van der Waals surface area contributed by atoms with Crippen LogP contribution in [0.5, 0.6) is 0 Å². The van der Waals surface area contributed by atoms with Gasteiger partial charge in [0, 0.05) is 51.8 Å². The Labute approximate surface area is 161 Å². The number of ether oxygens (including phenoxy) is 1. The molecule has 27 heavy (non-hydrogen) atoms. The van der Waals surface area contributed by atoms with Crippen LogP contribution in [0.2, 0.25) is 0 Å². The van der Waals surface area contributed by atoms with E-state index in [0.717, 1.165) is 58.0 Å². The van der Waals surface area contributed by atoms with E-state index >= 15 is 0 Å². The molecule has 6 nitrogen and oxygen atoms in total. The first kappa shape index (κ1) is 18.3. The molecule has 0 spiro atoms. The molecule has 6 heteroatoms. The minimum atomic E-state index is -0.213. The van der Waals surface area contributed by atoms with Crippen LogP contribution in [0.1, 0.15) is 36.3 Å². The highest BCUT2D eigenvalue weighted by Crippen LogP contribution is 2.42. The Morgan fingerprint density at radius 1 is 1.19 bits per heavy atom. The average Bonchev–Trinajstić information content (AvgIpc) is 3.23. The standard InChI is InChI=1S/C21H30N4O2/c1-15-6-3-4-7-16(15)17-14-18(17)23-21(22-2)25-11-9-24(10-12-25)20(26)19-8-5-13-27-19/h3-4,6-7,17-19H,5,8-14H2,1-2H3,(H,22,23). The van der Waals surface area contributed by atoms with Gasteiger partial charge in [-0.1, -0.05) is 24.3 Å². The van der Waals surface area contributed by atoms with Gasteiger partial charge >= 0.3 is 0 Å². The Balaban J connectivity index is 1.29. The average molecular weight is 370 g/mol. The first-order valence-corrected chi connectivity index (χ1v) is 10.1. The molecule has 0 bridgehead atoms. The largest absolute Gasteiger partial charge is 0.368 e. The lowest BCUT2D eigenvalue weighted by Crippen LogP contribution is -2.55. The summed E-state index contributed by atoms with van der Waals surface area (Å²) < 4.78 is 5.55. The number of hydrogen-bond donors (Lipinski definition) is 1. The molecule has 1 amide bonds. The lowest BCUT2D eigenvalue weighted by molar-refractivity contribution is -0.142. The van der Waals surface area contributed by atoms with Crippen molar-refractivity contribution in [3.05, 3.63) is 35.4 Å². The van der Waals surface area contributed by atoms with Gasteiger partial charge in [-0.3, -0.25) is 9.79 Å². The van der Waals surface area contributed by atoms with Crippen molar-refractivity contribution in [3.8, 4) is 0 Å². The summed E-state index contributed by atoms with van der Waals surface area (Å²) in [6.45, 7) is 6.02. The monoisotopic (exact) mass is 370 g/mol. The molecule has 146 valence electrons. The highest BCUT2D eigenvalue weighted by atomic mass is 16.5. The van der Waals surface area contributed by atoms with Crippen molar-refractivity contribution in [3.63, 3.8) is 0 Å². The molecule has 0 radical (unpaired) electrons. The Hall–Kier alpha value is -2.08. The van der Waals surface area contributed by atoms with Crippen LogP contribution in [0.25, 0.3) is 0 Å². The van der Waals surface area contributed by atoms with Gasteiger partial charge in [-0.2, -0.15) is 0 Å². The molecule has 2 heterocycles. The van der Waals surface area contributed by atoms with Crippen molar-refractivity contribution >= 4 is 11.9 Å². The summed E-state index contributed by atoms with van der Waals surface area (Å²) in [5.74, 6) is 1.70. The molecule has 1 aromatic rings. The Morgan fingerprint density at radius 3 is 2.59 bits per heavy atom. The zero-order chi connectivity index (χ0) is 18.8. The molecule has 2 aliphatic heterocycles. The summed E-state index contributed by atoms with van der Waals surface area (Å²) in [5.41, 5.74) is 2.81. The maximum Gasteiger partial charge on any atom is 0.251 e. The van der Waals surface area contributed by atoms with Crippen LogP contribution >= 0.6 is 0 Å². The van der Waals surface area contributed by atoms with Crippen LogP contribution in [0.15, 0.2) is 29.3 Å². The second-order valence-corrected chi connectivity index (χ2v) is 7.81. The minimum Gasteiger partial charge on any atom is -0.368 e. The van der Waals surface area contributed by atoms with Gasteiger partial charge in [-0.05, 0) is 37.3 Å². The molecule has 3 atom stereocenters. The van der Waals surface area contributed by atoms with E-state index in [2.05, 4.69) is 46.4 Å². The fraction of sp³-hybridized carbons (Fsp3) is 0.619. The molecule has 1 aromatic carbocycles. The normalized spacial score (nSPS) is 28.4. The van der Waals surface area contributed by atoms with Gasteiger partial charge in [0.1, 0.15) is 6.10 Å². The molecule has 1 aliphatic carbocycles. The van der Waals surface area contributed by atoms with E-state index in [9.17, 15) is 4.79 Å². The molecule has 4 rings (SSSR count). The first-order chi connectivity index (χ1) is 13.2. The van der Waals surface area contributed by atoms with Gasteiger partial charge in [0.25, 0.3) is 5.91 Å². The topological polar surface area (TPSA) is 57.2 Å². The number of carbonyl (C=O) groups excluding carboxylic acids is 1. The summed E-state index contributed by atoms with van der Waals surface area (Å²) in [7, 11) is 1.84. The van der Waals surface area contributed by atoms with Crippen molar-refractivity contribution in [2.45, 2.75) is 44.2 Å². The Bertz CT molecular complexity index is 706. The van der Waals surface area contributed by atoms with Crippen LogP contribution < -0.4 is 5.32 Å². The van der Waals surface area contributed by atoms with Crippen LogP contribution in [0.3, 0.4) is 0 Å². The van der Waals surface area contributed by atoms with Crippen molar-refractivity contribution in [1.29, 1.82) is 0 Å². The highest BCUT2D eigenvalue weighted by Gasteiger charge is 2.40.